The molecule has 0 unspecified atom stereocenters. The SMILES string of the molecule is CS(=O)(=O)N(c1ccccc1NC(=O)C1CCC1)C1CC1. The molecule has 114 valence electrons. The number of nitrogens with one attached hydrogen (secondary N) is 1. The predicted molar refractivity (Wildman–Crippen MR) is 82.8 cm³/mol. The highest BCUT2D eigenvalue weighted by atomic mass is 32.2. The van der Waals surface area contributed by atoms with Crippen LogP contribution in [0.3, 0.4) is 0 Å². The number of hydrogen-bond donors (Lipinski definition) is 1. The number of rotatable bonds is 5. The van der Waals surface area contributed by atoms with Gasteiger partial charge in [0.25, 0.3) is 0 Å². The molecule has 0 bridgehead atoms. The molecule has 2 saturated carbocycles. The van der Waals surface area contributed by atoms with Gasteiger partial charge in [0.05, 0.1) is 17.6 Å². The van der Waals surface area contributed by atoms with Gasteiger partial charge in [0.1, 0.15) is 0 Å². The van der Waals surface area contributed by atoms with E-state index >= 15 is 0 Å². The molecule has 21 heavy (non-hydrogen) atoms. The number of amides is 1. The highest BCUT2D eigenvalue weighted by Gasteiger charge is 2.36. The smallest absolute Gasteiger partial charge is 0.232 e. The summed E-state index contributed by atoms with van der Waals surface area (Å²) < 4.78 is 25.6. The summed E-state index contributed by atoms with van der Waals surface area (Å²) in [6.07, 6.45) is 5.90. The van der Waals surface area contributed by atoms with E-state index in [1.54, 1.807) is 18.2 Å². The lowest BCUT2D eigenvalue weighted by molar-refractivity contribution is -0.122. The number of carbonyl (C=O) groups excluding carboxylic acids is 1. The molecule has 2 aliphatic rings. The molecule has 1 amide bonds. The van der Waals surface area contributed by atoms with Crippen LogP contribution in [0.5, 0.6) is 0 Å². The van der Waals surface area contributed by atoms with Gasteiger partial charge in [-0.15, -0.1) is 0 Å². The highest BCUT2D eigenvalue weighted by Crippen LogP contribution is 2.38. The van der Waals surface area contributed by atoms with Crippen LogP contribution in [-0.2, 0) is 14.8 Å². The maximum atomic E-state index is 12.1. The third kappa shape index (κ3) is 3.05. The lowest BCUT2D eigenvalue weighted by Crippen LogP contribution is -2.34. The second kappa shape index (κ2) is 5.33. The largest absolute Gasteiger partial charge is 0.324 e. The summed E-state index contributed by atoms with van der Waals surface area (Å²) in [6.45, 7) is 0. The molecule has 5 nitrogen and oxygen atoms in total. The Hall–Kier alpha value is -1.56. The molecule has 0 aromatic heterocycles. The van der Waals surface area contributed by atoms with Crippen LogP contribution in [0.1, 0.15) is 32.1 Å². The van der Waals surface area contributed by atoms with Crippen LogP contribution in [0.2, 0.25) is 0 Å². The zero-order valence-electron chi connectivity index (χ0n) is 12.1. The van der Waals surface area contributed by atoms with Crippen LogP contribution in [0.15, 0.2) is 24.3 Å². The first kappa shape index (κ1) is 14.4. The Bertz CT molecular complexity index is 649. The first-order chi connectivity index (χ1) is 9.97. The summed E-state index contributed by atoms with van der Waals surface area (Å²) in [7, 11) is -3.34. The molecule has 0 atom stereocenters. The molecule has 1 N–H and O–H groups in total. The van der Waals surface area contributed by atoms with E-state index in [0.717, 1.165) is 32.1 Å². The summed E-state index contributed by atoms with van der Waals surface area (Å²) in [5.74, 6) is 0.0728. The molecule has 0 heterocycles. The number of benzene rings is 1. The van der Waals surface area contributed by atoms with Crippen LogP contribution >= 0.6 is 0 Å². The first-order valence-corrected chi connectivity index (χ1v) is 9.21. The molecule has 1 aromatic rings. The summed E-state index contributed by atoms with van der Waals surface area (Å²) in [6, 6.07) is 7.17. The van der Waals surface area contributed by atoms with Gasteiger partial charge in [-0.25, -0.2) is 8.42 Å². The number of nitrogens with zero attached hydrogens (tertiary/aromatic N) is 1. The average Bonchev–Trinajstić information content (AvgIpc) is 3.12. The second-order valence-electron chi connectivity index (χ2n) is 5.92. The fourth-order valence-electron chi connectivity index (χ4n) is 2.63. The van der Waals surface area contributed by atoms with E-state index in [1.807, 2.05) is 6.07 Å². The minimum Gasteiger partial charge on any atom is -0.324 e. The van der Waals surface area contributed by atoms with Crippen molar-refractivity contribution >= 4 is 27.3 Å². The fourth-order valence-corrected chi connectivity index (χ4v) is 3.90. The molecule has 3 rings (SSSR count). The number of hydrogen-bond acceptors (Lipinski definition) is 3. The third-order valence-electron chi connectivity index (χ3n) is 4.11. The predicted octanol–water partition coefficient (Wildman–Crippen LogP) is 2.35. The third-order valence-corrected chi connectivity index (χ3v) is 5.32. The van der Waals surface area contributed by atoms with Crippen LogP contribution in [0.25, 0.3) is 0 Å². The van der Waals surface area contributed by atoms with Crippen molar-refractivity contribution < 1.29 is 13.2 Å². The lowest BCUT2D eigenvalue weighted by Gasteiger charge is -2.27. The van der Waals surface area contributed by atoms with Crippen molar-refractivity contribution in [2.24, 2.45) is 5.92 Å². The van der Waals surface area contributed by atoms with Crippen LogP contribution in [0, 0.1) is 5.92 Å². The highest BCUT2D eigenvalue weighted by molar-refractivity contribution is 7.92. The molecular weight excluding hydrogens is 288 g/mol. The maximum Gasteiger partial charge on any atom is 0.232 e. The van der Waals surface area contributed by atoms with Gasteiger partial charge in [-0.05, 0) is 37.8 Å². The van der Waals surface area contributed by atoms with E-state index in [2.05, 4.69) is 5.32 Å². The van der Waals surface area contributed by atoms with Crippen LogP contribution in [-0.4, -0.2) is 26.6 Å². The Morgan fingerprint density at radius 1 is 1.19 bits per heavy atom. The molecule has 0 spiro atoms. The molecule has 0 saturated heterocycles. The van der Waals surface area contributed by atoms with E-state index in [9.17, 15) is 13.2 Å². The normalized spacial score (nSPS) is 18.9. The molecule has 0 radical (unpaired) electrons. The monoisotopic (exact) mass is 308 g/mol. The Kier molecular flexibility index (Phi) is 3.65. The topological polar surface area (TPSA) is 66.5 Å². The molecule has 0 aliphatic heterocycles. The summed E-state index contributed by atoms with van der Waals surface area (Å²) in [5.41, 5.74) is 1.17. The summed E-state index contributed by atoms with van der Waals surface area (Å²) >= 11 is 0. The molecule has 6 heteroatoms. The van der Waals surface area contributed by atoms with E-state index in [1.165, 1.54) is 10.6 Å². The number of para-hydroxylation sites is 2. The lowest BCUT2D eigenvalue weighted by atomic mass is 9.85. The molecule has 1 aromatic carbocycles. The van der Waals surface area contributed by atoms with Gasteiger partial charge in [-0.1, -0.05) is 18.6 Å². The fraction of sp³-hybridized carbons (Fsp3) is 0.533. The van der Waals surface area contributed by atoms with Crippen LogP contribution < -0.4 is 9.62 Å². The van der Waals surface area contributed by atoms with Crippen molar-refractivity contribution in [1.29, 1.82) is 0 Å². The van der Waals surface area contributed by atoms with Gasteiger partial charge in [0.2, 0.25) is 15.9 Å². The second-order valence-corrected chi connectivity index (χ2v) is 7.78. The minimum atomic E-state index is -3.34. The van der Waals surface area contributed by atoms with E-state index in [0.29, 0.717) is 11.4 Å². The Balaban J connectivity index is 1.89. The van der Waals surface area contributed by atoms with Gasteiger partial charge in [0.15, 0.2) is 0 Å². The number of carbonyl (C=O) groups is 1. The van der Waals surface area contributed by atoms with Crippen molar-refractivity contribution in [3.05, 3.63) is 24.3 Å². The van der Waals surface area contributed by atoms with Crippen molar-refractivity contribution in [2.75, 3.05) is 15.9 Å². The van der Waals surface area contributed by atoms with Crippen molar-refractivity contribution in [2.45, 2.75) is 38.1 Å². The maximum absolute atomic E-state index is 12.1. The Morgan fingerprint density at radius 3 is 2.38 bits per heavy atom. The average molecular weight is 308 g/mol. The van der Waals surface area contributed by atoms with Crippen molar-refractivity contribution in [3.63, 3.8) is 0 Å². The van der Waals surface area contributed by atoms with E-state index < -0.39 is 10.0 Å². The van der Waals surface area contributed by atoms with Crippen molar-refractivity contribution in [3.8, 4) is 0 Å². The minimum absolute atomic E-state index is 0.00190. The van der Waals surface area contributed by atoms with Gasteiger partial charge < -0.3 is 5.32 Å². The van der Waals surface area contributed by atoms with Gasteiger partial charge in [0, 0.05) is 12.0 Å². The van der Waals surface area contributed by atoms with Crippen molar-refractivity contribution in [1.82, 2.24) is 0 Å². The van der Waals surface area contributed by atoms with Gasteiger partial charge in [-0.3, -0.25) is 9.10 Å². The summed E-state index contributed by atoms with van der Waals surface area (Å²) in [4.78, 5) is 12.1. The van der Waals surface area contributed by atoms with E-state index in [4.69, 9.17) is 0 Å². The van der Waals surface area contributed by atoms with E-state index in [-0.39, 0.29) is 17.9 Å². The quantitative estimate of drug-likeness (QED) is 0.908. The zero-order valence-corrected chi connectivity index (χ0v) is 12.9. The number of anilines is 2. The van der Waals surface area contributed by atoms with Gasteiger partial charge in [-0.2, -0.15) is 0 Å². The first-order valence-electron chi connectivity index (χ1n) is 7.36. The van der Waals surface area contributed by atoms with Crippen LogP contribution in [0.4, 0.5) is 11.4 Å². The Morgan fingerprint density at radius 2 is 1.86 bits per heavy atom. The van der Waals surface area contributed by atoms with Gasteiger partial charge >= 0.3 is 0 Å². The zero-order chi connectivity index (χ0) is 15.0. The molecule has 2 fully saturated rings. The number of sulfonamides is 1. The molecule has 2 aliphatic carbocycles. The molecular formula is C15H20N2O3S. The standard InChI is InChI=1S/C15H20N2O3S/c1-21(19,20)17(12-9-10-12)14-8-3-2-7-13(14)16-15(18)11-5-4-6-11/h2-3,7-8,11-12H,4-6,9-10H2,1H3,(H,16,18). The summed E-state index contributed by atoms with van der Waals surface area (Å²) in [5, 5.41) is 2.90. The Labute approximate surface area is 125 Å².